The van der Waals surface area contributed by atoms with Crippen molar-refractivity contribution in [2.45, 2.75) is 26.9 Å². The number of aromatic nitrogens is 2. The molecule has 0 aromatic carbocycles. The second-order valence-corrected chi connectivity index (χ2v) is 3.19. The van der Waals surface area contributed by atoms with Crippen LogP contribution in [0.25, 0.3) is 0 Å². The normalized spacial score (nSPS) is 9.50. The summed E-state index contributed by atoms with van der Waals surface area (Å²) in [5, 5.41) is 26.6. The molecule has 0 atom stereocenters. The molecule has 0 radical (unpaired) electrons. The summed E-state index contributed by atoms with van der Waals surface area (Å²) in [6, 6.07) is 3.80. The van der Waals surface area contributed by atoms with Crippen LogP contribution < -0.4 is 4.57 Å². The third-order valence-corrected chi connectivity index (χ3v) is 2.37. The highest BCUT2D eigenvalue weighted by Crippen LogP contribution is 2.07. The lowest BCUT2D eigenvalue weighted by Gasteiger charge is -1.95. The van der Waals surface area contributed by atoms with E-state index in [0.29, 0.717) is 12.4 Å². The second kappa shape index (κ2) is 4.45. The van der Waals surface area contributed by atoms with Gasteiger partial charge in [0.1, 0.15) is 12.1 Å². The zero-order chi connectivity index (χ0) is 12.3. The quantitative estimate of drug-likeness (QED) is 0.720. The van der Waals surface area contributed by atoms with Crippen LogP contribution in [0, 0.1) is 29.6 Å². The fraction of sp³-hybridized carbons (Fsp3) is 0.400. The van der Waals surface area contributed by atoms with E-state index in [0.717, 1.165) is 0 Å². The first-order valence-electron chi connectivity index (χ1n) is 4.71. The van der Waals surface area contributed by atoms with Crippen LogP contribution in [-0.4, -0.2) is 15.6 Å². The number of imidazole rings is 1. The maximum Gasteiger partial charge on any atom is 0.346 e. The number of hydrogen-bond donors (Lipinski definition) is 1. The molecule has 0 aliphatic heterocycles. The Morgan fingerprint density at radius 3 is 2.50 bits per heavy atom. The molecule has 6 nitrogen and oxygen atoms in total. The minimum atomic E-state index is -1.04. The van der Waals surface area contributed by atoms with E-state index in [1.165, 1.54) is 4.57 Å². The van der Waals surface area contributed by atoms with Crippen molar-refractivity contribution in [3.8, 4) is 12.1 Å². The van der Waals surface area contributed by atoms with Gasteiger partial charge < -0.3 is 5.11 Å². The highest BCUT2D eigenvalue weighted by atomic mass is 16.4. The molecule has 1 N–H and O–H groups in total. The maximum atomic E-state index is 10.7. The first-order chi connectivity index (χ1) is 7.56. The number of rotatable bonds is 3. The Kier molecular flexibility index (Phi) is 3.27. The van der Waals surface area contributed by atoms with Crippen LogP contribution in [-0.2, 0) is 17.9 Å². The van der Waals surface area contributed by atoms with E-state index in [4.69, 9.17) is 15.6 Å². The molecule has 0 bridgehead atoms. The molecular weight excluding hydrogens is 208 g/mol. The molecule has 0 saturated carbocycles. The van der Waals surface area contributed by atoms with E-state index in [2.05, 4.69) is 0 Å². The van der Waals surface area contributed by atoms with Gasteiger partial charge in [0.15, 0.2) is 6.54 Å². The van der Waals surface area contributed by atoms with Crippen molar-refractivity contribution in [3.05, 3.63) is 17.2 Å². The van der Waals surface area contributed by atoms with Gasteiger partial charge in [0, 0.05) is 6.92 Å². The van der Waals surface area contributed by atoms with Crippen LogP contribution >= 0.6 is 0 Å². The fourth-order valence-corrected chi connectivity index (χ4v) is 1.67. The summed E-state index contributed by atoms with van der Waals surface area (Å²) >= 11 is 0. The van der Waals surface area contributed by atoms with E-state index in [1.807, 2.05) is 19.1 Å². The molecule has 0 saturated heterocycles. The minimum absolute atomic E-state index is 0.101. The molecule has 1 heterocycles. The van der Waals surface area contributed by atoms with Gasteiger partial charge in [0.25, 0.3) is 17.2 Å². The van der Waals surface area contributed by atoms with Crippen molar-refractivity contribution < 1.29 is 14.5 Å². The summed E-state index contributed by atoms with van der Waals surface area (Å²) in [5.74, 6) is -0.444. The third-order valence-electron chi connectivity index (χ3n) is 2.37. The van der Waals surface area contributed by atoms with E-state index in [9.17, 15) is 4.79 Å². The Hall–Kier alpha value is -2.34. The van der Waals surface area contributed by atoms with Crippen LogP contribution in [0.3, 0.4) is 0 Å². The molecule has 82 valence electrons. The lowest BCUT2D eigenvalue weighted by atomic mass is 10.3. The lowest BCUT2D eigenvalue weighted by Crippen LogP contribution is -2.42. The number of nitriles is 2. The molecule has 0 amide bonds. The van der Waals surface area contributed by atoms with E-state index in [1.54, 1.807) is 11.5 Å². The Balaban J connectivity index is 3.50. The number of carboxylic acids is 1. The molecule has 0 fully saturated rings. The molecule has 0 spiro atoms. The van der Waals surface area contributed by atoms with E-state index < -0.39 is 5.97 Å². The number of carbonyl (C=O) groups is 1. The molecule has 0 aliphatic carbocycles. The van der Waals surface area contributed by atoms with Crippen LogP contribution in [0.4, 0.5) is 0 Å². The van der Waals surface area contributed by atoms with Gasteiger partial charge in [-0.15, -0.1) is 0 Å². The van der Waals surface area contributed by atoms with Gasteiger partial charge in [0.05, 0.1) is 6.54 Å². The van der Waals surface area contributed by atoms with Crippen LogP contribution in [0.1, 0.15) is 24.1 Å². The Bertz CT molecular complexity index is 516. The van der Waals surface area contributed by atoms with Crippen molar-refractivity contribution in [1.29, 1.82) is 10.5 Å². The van der Waals surface area contributed by atoms with Crippen molar-refractivity contribution in [3.63, 3.8) is 0 Å². The number of nitrogens with zero attached hydrogens (tertiary/aromatic N) is 4. The highest BCUT2D eigenvalue weighted by Gasteiger charge is 2.28. The summed E-state index contributed by atoms with van der Waals surface area (Å²) in [6.07, 6.45) is 0. The average molecular weight is 219 g/mol. The molecule has 0 aliphatic rings. The van der Waals surface area contributed by atoms with Gasteiger partial charge in [-0.3, -0.25) is 0 Å². The van der Waals surface area contributed by atoms with Gasteiger partial charge >= 0.3 is 5.97 Å². The third kappa shape index (κ3) is 1.73. The minimum Gasteiger partial charge on any atom is -0.478 e. The lowest BCUT2D eigenvalue weighted by molar-refractivity contribution is -0.693. The molecular formula is C10H11N4O2+. The van der Waals surface area contributed by atoms with Gasteiger partial charge in [-0.1, -0.05) is 0 Å². The maximum absolute atomic E-state index is 10.7. The molecule has 1 aromatic rings. The van der Waals surface area contributed by atoms with Gasteiger partial charge in [-0.25, -0.2) is 13.9 Å². The van der Waals surface area contributed by atoms with Crippen molar-refractivity contribution in [1.82, 2.24) is 4.57 Å². The molecule has 16 heavy (non-hydrogen) atoms. The first-order valence-corrected chi connectivity index (χ1v) is 4.71. The smallest absolute Gasteiger partial charge is 0.346 e. The largest absolute Gasteiger partial charge is 0.478 e. The number of carboxylic acid groups (broad SMARTS) is 1. The predicted molar refractivity (Wildman–Crippen MR) is 52.1 cm³/mol. The topological polar surface area (TPSA) is 93.7 Å². The SMILES string of the molecule is CCn1c(C#N)c(C#N)[n+](CC(=O)O)c1C. The average Bonchev–Trinajstić information content (AvgIpc) is 2.50. The highest BCUT2D eigenvalue weighted by molar-refractivity contribution is 5.65. The Morgan fingerprint density at radius 2 is 2.12 bits per heavy atom. The van der Waals surface area contributed by atoms with Gasteiger partial charge in [-0.05, 0) is 6.92 Å². The van der Waals surface area contributed by atoms with Gasteiger partial charge in [0.2, 0.25) is 0 Å². The van der Waals surface area contributed by atoms with Crippen molar-refractivity contribution >= 4 is 5.97 Å². The zero-order valence-corrected chi connectivity index (χ0v) is 9.06. The second-order valence-electron chi connectivity index (χ2n) is 3.19. The monoisotopic (exact) mass is 219 g/mol. The van der Waals surface area contributed by atoms with Crippen LogP contribution in [0.15, 0.2) is 0 Å². The summed E-state index contributed by atoms with van der Waals surface area (Å²) in [5.41, 5.74) is 0.313. The van der Waals surface area contributed by atoms with E-state index in [-0.39, 0.29) is 17.9 Å². The number of aliphatic carboxylic acids is 1. The fourth-order valence-electron chi connectivity index (χ4n) is 1.67. The van der Waals surface area contributed by atoms with Crippen molar-refractivity contribution in [2.24, 2.45) is 0 Å². The first kappa shape index (κ1) is 11.7. The predicted octanol–water partition coefficient (Wildman–Crippen LogP) is -0.0681. The van der Waals surface area contributed by atoms with E-state index >= 15 is 0 Å². The molecule has 1 aromatic heterocycles. The summed E-state index contributed by atoms with van der Waals surface area (Å²) in [4.78, 5) is 10.7. The Labute approximate surface area is 92.6 Å². The molecule has 0 unspecified atom stereocenters. The molecule has 1 rings (SSSR count). The summed E-state index contributed by atoms with van der Waals surface area (Å²) in [6.45, 7) is 3.74. The summed E-state index contributed by atoms with van der Waals surface area (Å²) < 4.78 is 2.96. The summed E-state index contributed by atoms with van der Waals surface area (Å²) in [7, 11) is 0. The zero-order valence-electron chi connectivity index (χ0n) is 9.06. The van der Waals surface area contributed by atoms with Crippen molar-refractivity contribution in [2.75, 3.05) is 0 Å². The Morgan fingerprint density at radius 1 is 1.50 bits per heavy atom. The van der Waals surface area contributed by atoms with Gasteiger partial charge in [-0.2, -0.15) is 10.5 Å². The van der Waals surface area contributed by atoms with Crippen LogP contribution in [0.5, 0.6) is 0 Å². The molecule has 6 heteroatoms. The standard InChI is InChI=1S/C10H10N4O2/c1-3-13-7(2)14(6-10(15)16)9(5-12)8(13)4-11/h3,6H2,1-2H3/p+1. The van der Waals surface area contributed by atoms with Crippen LogP contribution in [0.2, 0.25) is 0 Å². The number of hydrogen-bond acceptors (Lipinski definition) is 3.